The van der Waals surface area contributed by atoms with E-state index in [0.29, 0.717) is 0 Å². The van der Waals surface area contributed by atoms with Crippen LogP contribution in [0, 0.1) is 0 Å². The van der Waals surface area contributed by atoms with Gasteiger partial charge in [0.25, 0.3) is 0 Å². The van der Waals surface area contributed by atoms with Gasteiger partial charge in [0.05, 0.1) is 8.07 Å². The number of rotatable bonds is 8. The van der Waals surface area contributed by atoms with Crippen molar-refractivity contribution in [2.24, 2.45) is 0 Å². The van der Waals surface area contributed by atoms with Gasteiger partial charge in [0.1, 0.15) is 0 Å². The summed E-state index contributed by atoms with van der Waals surface area (Å²) in [5.74, 6) is 0. The molecule has 0 spiro atoms. The van der Waals surface area contributed by atoms with Crippen molar-refractivity contribution in [3.63, 3.8) is 0 Å². The van der Waals surface area contributed by atoms with Crippen LogP contribution in [-0.2, 0) is 0 Å². The van der Waals surface area contributed by atoms with Crippen LogP contribution < -0.4 is 5.32 Å². The number of nitrogens with one attached hydrogen (secondary N) is 1. The first-order valence-corrected chi connectivity index (χ1v) is 8.78. The van der Waals surface area contributed by atoms with Crippen molar-refractivity contribution in [3.8, 4) is 0 Å². The van der Waals surface area contributed by atoms with E-state index in [2.05, 4.69) is 33.0 Å². The van der Waals surface area contributed by atoms with Gasteiger partial charge in [0, 0.05) is 0 Å². The van der Waals surface area contributed by atoms with E-state index in [-0.39, 0.29) is 0 Å². The summed E-state index contributed by atoms with van der Waals surface area (Å²) in [7, 11) is -0.879. The highest BCUT2D eigenvalue weighted by molar-refractivity contribution is 6.79. The maximum atomic E-state index is 3.64. The molecule has 0 aromatic rings. The van der Waals surface area contributed by atoms with Crippen molar-refractivity contribution in [3.05, 3.63) is 0 Å². The first kappa shape index (κ1) is 13.2. The Morgan fingerprint density at radius 3 is 1.85 bits per heavy atom. The lowest BCUT2D eigenvalue weighted by Crippen LogP contribution is -2.43. The summed E-state index contributed by atoms with van der Waals surface area (Å²) in [4.78, 5) is 0. The van der Waals surface area contributed by atoms with Crippen LogP contribution in [0.3, 0.4) is 0 Å². The molecule has 0 amide bonds. The first-order valence-electron chi connectivity index (χ1n) is 5.95. The van der Waals surface area contributed by atoms with Crippen LogP contribution in [0.2, 0.25) is 18.1 Å². The summed E-state index contributed by atoms with van der Waals surface area (Å²) in [6.07, 6.45) is 3.99. The molecule has 0 aliphatic heterocycles. The van der Waals surface area contributed by atoms with Gasteiger partial charge in [-0.3, -0.25) is 0 Å². The zero-order chi connectivity index (χ0) is 10.2. The Morgan fingerprint density at radius 1 is 0.923 bits per heavy atom. The minimum atomic E-state index is -0.879. The highest BCUT2D eigenvalue weighted by Crippen LogP contribution is 2.18. The van der Waals surface area contributed by atoms with E-state index in [4.69, 9.17) is 0 Å². The van der Waals surface area contributed by atoms with Crippen LogP contribution in [-0.4, -0.2) is 20.8 Å². The Balaban J connectivity index is 3.68. The summed E-state index contributed by atoms with van der Waals surface area (Å²) in [6, 6.07) is 4.33. The SMILES string of the molecule is CCCCNC[Si](CC)(CC)CC. The first-order chi connectivity index (χ1) is 6.24. The van der Waals surface area contributed by atoms with Crippen LogP contribution in [0.15, 0.2) is 0 Å². The van der Waals surface area contributed by atoms with Crippen molar-refractivity contribution >= 4 is 8.07 Å². The molecule has 0 atom stereocenters. The Morgan fingerprint density at radius 2 is 1.46 bits per heavy atom. The molecule has 13 heavy (non-hydrogen) atoms. The van der Waals surface area contributed by atoms with Crippen LogP contribution in [0.5, 0.6) is 0 Å². The van der Waals surface area contributed by atoms with Crippen molar-refractivity contribution in [2.75, 3.05) is 12.7 Å². The molecular formula is C11H27NSi. The van der Waals surface area contributed by atoms with Crippen molar-refractivity contribution < 1.29 is 0 Å². The Kier molecular flexibility index (Phi) is 7.67. The lowest BCUT2D eigenvalue weighted by atomic mass is 10.3. The van der Waals surface area contributed by atoms with Gasteiger partial charge in [0.15, 0.2) is 0 Å². The van der Waals surface area contributed by atoms with Crippen LogP contribution >= 0.6 is 0 Å². The highest BCUT2D eigenvalue weighted by Gasteiger charge is 2.25. The van der Waals surface area contributed by atoms with E-state index in [1.807, 2.05) is 0 Å². The average molecular weight is 201 g/mol. The quantitative estimate of drug-likeness (QED) is 0.469. The second-order valence-corrected chi connectivity index (χ2v) is 9.57. The largest absolute Gasteiger partial charge is 0.319 e. The molecule has 0 aliphatic carbocycles. The van der Waals surface area contributed by atoms with E-state index in [1.165, 1.54) is 43.7 Å². The normalized spacial score (nSPS) is 12.0. The lowest BCUT2D eigenvalue weighted by Gasteiger charge is -2.28. The fourth-order valence-electron chi connectivity index (χ4n) is 1.78. The zero-order valence-corrected chi connectivity index (χ0v) is 10.9. The van der Waals surface area contributed by atoms with Crippen LogP contribution in [0.1, 0.15) is 40.5 Å². The lowest BCUT2D eigenvalue weighted by molar-refractivity contribution is 0.686. The summed E-state index contributed by atoms with van der Waals surface area (Å²) >= 11 is 0. The number of hydrogen-bond donors (Lipinski definition) is 1. The Bertz CT molecular complexity index is 102. The van der Waals surface area contributed by atoms with Gasteiger partial charge in [-0.1, -0.05) is 52.2 Å². The molecule has 80 valence electrons. The monoisotopic (exact) mass is 201 g/mol. The molecule has 0 saturated heterocycles. The summed E-state index contributed by atoms with van der Waals surface area (Å²) < 4.78 is 0. The second kappa shape index (κ2) is 7.57. The topological polar surface area (TPSA) is 12.0 Å². The van der Waals surface area contributed by atoms with E-state index in [9.17, 15) is 0 Å². The molecule has 0 aromatic heterocycles. The third-order valence-corrected chi connectivity index (χ3v) is 8.96. The van der Waals surface area contributed by atoms with Gasteiger partial charge in [0.2, 0.25) is 0 Å². The van der Waals surface area contributed by atoms with E-state index in [1.54, 1.807) is 0 Å². The van der Waals surface area contributed by atoms with Crippen molar-refractivity contribution in [2.45, 2.75) is 58.7 Å². The molecule has 0 heterocycles. The molecule has 0 unspecified atom stereocenters. The van der Waals surface area contributed by atoms with Gasteiger partial charge in [-0.2, -0.15) is 0 Å². The second-order valence-electron chi connectivity index (χ2n) is 4.09. The third-order valence-electron chi connectivity index (χ3n) is 3.46. The smallest absolute Gasteiger partial charge is 0.0679 e. The van der Waals surface area contributed by atoms with Crippen LogP contribution in [0.25, 0.3) is 0 Å². The number of hydrogen-bond acceptors (Lipinski definition) is 1. The zero-order valence-electron chi connectivity index (χ0n) is 9.95. The molecule has 0 rings (SSSR count). The van der Waals surface area contributed by atoms with E-state index >= 15 is 0 Å². The Labute approximate surface area is 85.3 Å². The summed E-state index contributed by atoms with van der Waals surface area (Å²) in [6.45, 7) is 10.6. The molecule has 2 heteroatoms. The Hall–Kier alpha value is 0.177. The third kappa shape index (κ3) is 4.82. The molecule has 0 bridgehead atoms. The minimum absolute atomic E-state index is 0.879. The van der Waals surface area contributed by atoms with Crippen molar-refractivity contribution in [1.29, 1.82) is 0 Å². The predicted molar refractivity (Wildman–Crippen MR) is 65.0 cm³/mol. The van der Waals surface area contributed by atoms with E-state index in [0.717, 1.165) is 0 Å². The fraction of sp³-hybridized carbons (Fsp3) is 1.00. The van der Waals surface area contributed by atoms with Crippen molar-refractivity contribution in [1.82, 2.24) is 5.32 Å². The molecule has 0 saturated carbocycles. The maximum Gasteiger partial charge on any atom is 0.0679 e. The van der Waals surface area contributed by atoms with E-state index < -0.39 is 8.07 Å². The molecule has 0 radical (unpaired) electrons. The standard InChI is InChI=1S/C11H27NSi/c1-5-9-10-12-11-13(6-2,7-3)8-4/h12H,5-11H2,1-4H3. The molecule has 0 aliphatic rings. The molecule has 0 fully saturated rings. The minimum Gasteiger partial charge on any atom is -0.319 e. The summed E-state index contributed by atoms with van der Waals surface area (Å²) in [5, 5.41) is 3.64. The fourth-order valence-corrected chi connectivity index (χ4v) is 4.74. The average Bonchev–Trinajstić information content (AvgIpc) is 2.20. The molecular weight excluding hydrogens is 174 g/mol. The van der Waals surface area contributed by atoms with Gasteiger partial charge in [-0.15, -0.1) is 0 Å². The van der Waals surface area contributed by atoms with Gasteiger partial charge < -0.3 is 5.32 Å². The summed E-state index contributed by atoms with van der Waals surface area (Å²) in [5.41, 5.74) is 0. The molecule has 1 nitrogen and oxygen atoms in total. The maximum absolute atomic E-state index is 3.64. The highest BCUT2D eigenvalue weighted by atomic mass is 28.3. The van der Waals surface area contributed by atoms with Gasteiger partial charge >= 0.3 is 0 Å². The molecule has 0 aromatic carbocycles. The van der Waals surface area contributed by atoms with Crippen LogP contribution in [0.4, 0.5) is 0 Å². The number of unbranched alkanes of at least 4 members (excludes halogenated alkanes) is 1. The van der Waals surface area contributed by atoms with Gasteiger partial charge in [-0.05, 0) is 19.1 Å². The van der Waals surface area contributed by atoms with Gasteiger partial charge in [-0.25, -0.2) is 0 Å². The molecule has 1 N–H and O–H groups in total. The predicted octanol–water partition coefficient (Wildman–Crippen LogP) is 3.42.